The van der Waals surface area contributed by atoms with E-state index in [0.717, 1.165) is 0 Å². The van der Waals surface area contributed by atoms with Gasteiger partial charge in [0.2, 0.25) is 0 Å². The predicted octanol–water partition coefficient (Wildman–Crippen LogP) is 5.57. The molecule has 0 bridgehead atoms. The molecule has 174 valence electrons. The van der Waals surface area contributed by atoms with Gasteiger partial charge in [-0.25, -0.2) is 36.4 Å². The van der Waals surface area contributed by atoms with Crippen molar-refractivity contribution >= 4 is 32.1 Å². The number of rotatable bonds is 3. The third-order valence-electron chi connectivity index (χ3n) is 4.73. The normalized spacial score (nSPS) is 8.47. The average Bonchev–Trinajstić information content (AvgIpc) is 3.70. The first kappa shape index (κ1) is 32.6. The molecular formula is C30H27Fe3Tl. The first-order chi connectivity index (χ1) is 15.4. The van der Waals surface area contributed by atoms with Crippen molar-refractivity contribution in [3.8, 4) is 0 Å². The van der Waals surface area contributed by atoms with Gasteiger partial charge in [0.1, 0.15) is 0 Å². The molecule has 0 saturated carbocycles. The second-order valence-electron chi connectivity index (χ2n) is 6.97. The fraction of sp³-hybridized carbons (Fsp3) is 0. The zero-order valence-corrected chi connectivity index (χ0v) is 26.5. The van der Waals surface area contributed by atoms with E-state index < -0.39 is 22.7 Å². The van der Waals surface area contributed by atoms with E-state index in [1.165, 1.54) is 0 Å². The van der Waals surface area contributed by atoms with Crippen LogP contribution in [0.4, 0.5) is 0 Å². The van der Waals surface area contributed by atoms with Crippen molar-refractivity contribution < 1.29 is 51.2 Å². The molecule has 0 atom stereocenters. The monoisotopic (exact) mass is 760 g/mol. The van der Waals surface area contributed by atoms with Crippen molar-refractivity contribution in [3.63, 3.8) is 0 Å². The van der Waals surface area contributed by atoms with Crippen molar-refractivity contribution in [2.75, 3.05) is 0 Å². The van der Waals surface area contributed by atoms with Gasteiger partial charge in [-0.1, -0.05) is 0 Å². The minimum Gasteiger partial charge on any atom is -0.214 e. The molecule has 0 saturated heterocycles. The first-order valence-electron chi connectivity index (χ1n) is 10.6. The topological polar surface area (TPSA) is 0 Å². The summed E-state index contributed by atoms with van der Waals surface area (Å²) in [5.74, 6) is 0. The number of hydrogen-bond donors (Lipinski definition) is 0. The van der Waals surface area contributed by atoms with Gasteiger partial charge in [-0.2, -0.15) is 54.6 Å². The van der Waals surface area contributed by atoms with Crippen LogP contribution in [-0.4, -0.2) is 22.7 Å². The molecule has 4 heteroatoms. The molecule has 0 aliphatic carbocycles. The largest absolute Gasteiger partial charge is 0.214 e. The minimum atomic E-state index is -2.09. The molecule has 0 radical (unpaired) electrons. The van der Waals surface area contributed by atoms with Crippen LogP contribution in [0.1, 0.15) is 0 Å². The summed E-state index contributed by atoms with van der Waals surface area (Å²) in [6.45, 7) is 0. The van der Waals surface area contributed by atoms with Gasteiger partial charge in [0.05, 0.1) is 0 Å². The third kappa shape index (κ3) is 12.3. The van der Waals surface area contributed by atoms with Crippen LogP contribution in [0, 0.1) is 0 Å². The standard InChI is InChI=1S/3C5H5.3C5H4.3Fe.Tl/c6*1-2-4-5-3-1;;;;/h3*1-5H;3*1-4H;;;;/q6*-1;3*+2;. The first-order valence-corrected chi connectivity index (χ1v) is 17.3. The van der Waals surface area contributed by atoms with Crippen molar-refractivity contribution in [1.29, 1.82) is 0 Å². The van der Waals surface area contributed by atoms with Crippen LogP contribution in [0.15, 0.2) is 164 Å². The van der Waals surface area contributed by atoms with Crippen molar-refractivity contribution in [3.05, 3.63) is 164 Å². The Hall–Kier alpha value is -1.42. The molecule has 0 aliphatic heterocycles. The summed E-state index contributed by atoms with van der Waals surface area (Å²) in [6.07, 6.45) is 0. The summed E-state index contributed by atoms with van der Waals surface area (Å²) in [5.41, 5.74) is 0. The van der Waals surface area contributed by atoms with E-state index >= 15 is 0 Å². The smallest absolute Gasteiger partial charge is 0.172 e. The molecule has 0 unspecified atom stereocenters. The second kappa shape index (κ2) is 20.9. The van der Waals surface area contributed by atoms with Crippen molar-refractivity contribution in [2.24, 2.45) is 0 Å². The van der Waals surface area contributed by atoms with Crippen LogP contribution >= 0.6 is 0 Å². The predicted molar refractivity (Wildman–Crippen MR) is 137 cm³/mol. The van der Waals surface area contributed by atoms with Crippen molar-refractivity contribution in [1.82, 2.24) is 0 Å². The van der Waals surface area contributed by atoms with Gasteiger partial charge < -0.3 is 0 Å². The Morgan fingerprint density at radius 3 is 0.676 bits per heavy atom. The molecule has 0 aromatic heterocycles. The van der Waals surface area contributed by atoms with Gasteiger partial charge in [-0.15, -0.1) is 0 Å². The molecule has 6 aromatic carbocycles. The van der Waals surface area contributed by atoms with Gasteiger partial charge >= 0.3 is 156 Å². The van der Waals surface area contributed by atoms with Crippen LogP contribution in [0.2, 0.25) is 0 Å². The summed E-state index contributed by atoms with van der Waals surface area (Å²) in [7, 11) is 0. The fourth-order valence-electron chi connectivity index (χ4n) is 3.28. The van der Waals surface area contributed by atoms with Crippen LogP contribution in [-0.2, 0) is 51.2 Å². The molecule has 0 amide bonds. The van der Waals surface area contributed by atoms with E-state index in [9.17, 15) is 0 Å². The molecule has 0 spiro atoms. The quantitative estimate of drug-likeness (QED) is 0.164. The Kier molecular flexibility index (Phi) is 20.0. The van der Waals surface area contributed by atoms with Gasteiger partial charge in [-0.3, -0.25) is 0 Å². The fourth-order valence-corrected chi connectivity index (χ4v) is 14.9. The molecule has 0 aliphatic rings. The molecule has 0 nitrogen and oxygen atoms in total. The zero-order chi connectivity index (χ0) is 21.4. The van der Waals surface area contributed by atoms with Gasteiger partial charge in [0, 0.05) is 0 Å². The maximum Gasteiger partial charge on any atom is -0.172 e. The maximum atomic E-state index is 2.30. The third-order valence-corrected chi connectivity index (χ3v) is 17.0. The van der Waals surface area contributed by atoms with Crippen molar-refractivity contribution in [2.45, 2.75) is 0 Å². The Morgan fingerprint density at radius 1 is 0.324 bits per heavy atom. The van der Waals surface area contributed by atoms with Crippen LogP contribution in [0.3, 0.4) is 0 Å². The summed E-state index contributed by atoms with van der Waals surface area (Å²) >= 11 is -2.09. The summed E-state index contributed by atoms with van der Waals surface area (Å²) in [4.78, 5) is 0. The average molecular weight is 759 g/mol. The molecule has 0 N–H and O–H groups in total. The van der Waals surface area contributed by atoms with Gasteiger partial charge in [-0.05, 0) is 0 Å². The summed E-state index contributed by atoms with van der Waals surface area (Å²) in [5, 5.41) is 0. The molecule has 6 rings (SSSR count). The van der Waals surface area contributed by atoms with E-state index in [1.54, 1.807) is 9.37 Å². The van der Waals surface area contributed by atoms with Gasteiger partial charge in [0.15, 0.2) is 0 Å². The van der Waals surface area contributed by atoms with E-state index in [2.05, 4.69) is 72.8 Å². The Bertz CT molecular complexity index is 857. The second-order valence-corrected chi connectivity index (χ2v) is 18.1. The molecule has 34 heavy (non-hydrogen) atoms. The maximum absolute atomic E-state index is 2.30. The summed E-state index contributed by atoms with van der Waals surface area (Å²) in [6, 6.07) is 56.8. The summed E-state index contributed by atoms with van der Waals surface area (Å²) < 4.78 is 4.78. The van der Waals surface area contributed by atoms with E-state index in [0.29, 0.717) is 0 Å². The van der Waals surface area contributed by atoms with Crippen LogP contribution < -0.4 is 9.37 Å². The van der Waals surface area contributed by atoms with Crippen LogP contribution in [0.25, 0.3) is 0 Å². The molecule has 0 fully saturated rings. The Balaban J connectivity index is 0.000000501. The molecule has 6 aromatic rings. The SMILES string of the molecule is [Fe+2].[Fe+2].[Fe+2].c1cc[c-]([Tl]([c-]2cccc2)[c-]2cccc2)c1.c1cc[cH-]c1.c1cc[cH-]c1.c1cc[cH-]c1. The molecular weight excluding hydrogens is 732 g/mol. The van der Waals surface area contributed by atoms with Crippen LogP contribution in [0.5, 0.6) is 0 Å². The van der Waals surface area contributed by atoms with E-state index in [4.69, 9.17) is 0 Å². The van der Waals surface area contributed by atoms with Gasteiger partial charge in [0.25, 0.3) is 0 Å². The minimum absolute atomic E-state index is 0. The van der Waals surface area contributed by atoms with E-state index in [1.807, 2.05) is 91.0 Å². The number of hydrogen-bond acceptors (Lipinski definition) is 0. The Morgan fingerprint density at radius 2 is 0.529 bits per heavy atom. The Labute approximate surface area is 244 Å². The molecule has 0 heterocycles. The zero-order valence-electron chi connectivity index (χ0n) is 18.7. The van der Waals surface area contributed by atoms with E-state index in [-0.39, 0.29) is 51.2 Å².